The highest BCUT2D eigenvalue weighted by atomic mass is 16.5. The number of amides is 2. The van der Waals surface area contributed by atoms with E-state index in [0.717, 1.165) is 24.4 Å². The smallest absolute Gasteiger partial charge is 0.267 e. The number of hydrazone groups is 1. The number of nitrogens with one attached hydrogen (secondary N) is 2. The van der Waals surface area contributed by atoms with Gasteiger partial charge in [-0.05, 0) is 32.0 Å². The Morgan fingerprint density at radius 1 is 1.27 bits per heavy atom. The number of rotatable bonds is 6. The molecule has 1 aromatic rings. The third kappa shape index (κ3) is 4.40. The quantitative estimate of drug-likeness (QED) is 0.809. The lowest BCUT2D eigenvalue weighted by Gasteiger charge is -2.35. The number of benzene rings is 1. The van der Waals surface area contributed by atoms with Gasteiger partial charge in [-0.1, -0.05) is 24.6 Å². The Bertz CT molecular complexity index is 683. The lowest BCUT2D eigenvalue weighted by molar-refractivity contribution is -0.121. The zero-order chi connectivity index (χ0) is 18.4. The van der Waals surface area contributed by atoms with E-state index in [4.69, 9.17) is 4.74 Å². The second kappa shape index (κ2) is 8.80. The molecule has 2 amide bonds. The third-order valence-electron chi connectivity index (χ3n) is 4.95. The molecule has 2 heterocycles. The molecule has 7 heteroatoms. The van der Waals surface area contributed by atoms with Crippen molar-refractivity contribution in [3.8, 4) is 5.75 Å². The van der Waals surface area contributed by atoms with Crippen LogP contribution in [0.2, 0.25) is 0 Å². The average Bonchev–Trinajstić information content (AvgIpc) is 2.69. The molecule has 7 nitrogen and oxygen atoms in total. The fourth-order valence-corrected chi connectivity index (χ4v) is 3.54. The number of piperidine rings is 1. The Kier molecular flexibility index (Phi) is 6.22. The molecule has 0 spiro atoms. The third-order valence-corrected chi connectivity index (χ3v) is 4.95. The Labute approximate surface area is 153 Å². The summed E-state index contributed by atoms with van der Waals surface area (Å²) in [5.41, 5.74) is 3.83. The largest absolute Gasteiger partial charge is 0.496 e. The highest BCUT2D eigenvalue weighted by molar-refractivity contribution is 6.39. The average molecular weight is 358 g/mol. The summed E-state index contributed by atoms with van der Waals surface area (Å²) in [4.78, 5) is 26.0. The summed E-state index contributed by atoms with van der Waals surface area (Å²) >= 11 is 0. The number of carbonyl (C=O) groups is 2. The molecule has 26 heavy (non-hydrogen) atoms. The number of hydrogen-bond donors (Lipinski definition) is 2. The van der Waals surface area contributed by atoms with Crippen molar-refractivity contribution < 1.29 is 14.3 Å². The van der Waals surface area contributed by atoms with Crippen LogP contribution in [0.3, 0.4) is 0 Å². The van der Waals surface area contributed by atoms with E-state index in [1.807, 2.05) is 18.2 Å². The molecule has 3 rings (SSSR count). The van der Waals surface area contributed by atoms with Gasteiger partial charge in [0.15, 0.2) is 0 Å². The maximum absolute atomic E-state index is 12.4. The minimum Gasteiger partial charge on any atom is -0.496 e. The van der Waals surface area contributed by atoms with E-state index in [1.54, 1.807) is 7.11 Å². The molecular weight excluding hydrogens is 332 g/mol. The zero-order valence-corrected chi connectivity index (χ0v) is 15.2. The molecule has 1 atom stereocenters. The highest BCUT2D eigenvalue weighted by Gasteiger charge is 2.26. The first kappa shape index (κ1) is 18.4. The summed E-state index contributed by atoms with van der Waals surface area (Å²) in [5, 5.41) is 6.87. The van der Waals surface area contributed by atoms with Crippen LogP contribution in [0, 0.1) is 0 Å². The van der Waals surface area contributed by atoms with E-state index < -0.39 is 0 Å². The van der Waals surface area contributed by atoms with Crippen LogP contribution < -0.4 is 15.5 Å². The molecule has 2 N–H and O–H groups in total. The molecule has 1 aromatic carbocycles. The van der Waals surface area contributed by atoms with Gasteiger partial charge in [0.2, 0.25) is 5.91 Å². The monoisotopic (exact) mass is 358 g/mol. The van der Waals surface area contributed by atoms with Crippen LogP contribution in [0.4, 0.5) is 0 Å². The summed E-state index contributed by atoms with van der Waals surface area (Å²) in [6.07, 6.45) is 4.25. The van der Waals surface area contributed by atoms with Crippen molar-refractivity contribution in [3.05, 3.63) is 29.8 Å². The van der Waals surface area contributed by atoms with Crippen LogP contribution >= 0.6 is 0 Å². The van der Waals surface area contributed by atoms with Gasteiger partial charge in [0.05, 0.1) is 13.2 Å². The van der Waals surface area contributed by atoms with E-state index >= 15 is 0 Å². The fourth-order valence-electron chi connectivity index (χ4n) is 3.54. The molecule has 2 aliphatic heterocycles. The SMILES string of the molecule is COc1ccccc1[C@H](CNC(=O)C1=NNC(=O)CC1)N1CCCCC1. The molecule has 0 unspecified atom stereocenters. The van der Waals surface area contributed by atoms with Crippen LogP contribution in [0.15, 0.2) is 29.4 Å². The standard InChI is InChI=1S/C19H26N4O3/c1-26-17-8-4-3-7-14(17)16(23-11-5-2-6-12-23)13-20-19(25)15-9-10-18(24)22-21-15/h3-4,7-8,16H,2,5-6,9-13H2,1H3,(H,20,25)(H,22,24)/t16-/m0/s1. The zero-order valence-electron chi connectivity index (χ0n) is 15.2. The molecule has 140 valence electrons. The van der Waals surface area contributed by atoms with Gasteiger partial charge in [-0.15, -0.1) is 0 Å². The van der Waals surface area contributed by atoms with Crippen LogP contribution in [0.25, 0.3) is 0 Å². The number of ether oxygens (including phenoxy) is 1. The van der Waals surface area contributed by atoms with Gasteiger partial charge < -0.3 is 10.1 Å². The first-order chi connectivity index (χ1) is 12.7. The second-order valence-electron chi connectivity index (χ2n) is 6.66. The number of nitrogens with zero attached hydrogens (tertiary/aromatic N) is 2. The molecule has 1 saturated heterocycles. The van der Waals surface area contributed by atoms with Gasteiger partial charge in [-0.2, -0.15) is 5.10 Å². The van der Waals surface area contributed by atoms with Gasteiger partial charge in [0, 0.05) is 24.9 Å². The van der Waals surface area contributed by atoms with Crippen molar-refractivity contribution >= 4 is 17.5 Å². The van der Waals surface area contributed by atoms with E-state index in [9.17, 15) is 9.59 Å². The summed E-state index contributed by atoms with van der Waals surface area (Å²) in [6.45, 7) is 2.50. The normalized spacial score (nSPS) is 19.3. The Hall–Kier alpha value is -2.41. The molecular formula is C19H26N4O3. The van der Waals surface area contributed by atoms with Gasteiger partial charge in [-0.3, -0.25) is 14.5 Å². The molecule has 0 aromatic heterocycles. The first-order valence-corrected chi connectivity index (χ1v) is 9.19. The number of para-hydroxylation sites is 1. The van der Waals surface area contributed by atoms with Crippen molar-refractivity contribution in [1.29, 1.82) is 0 Å². The Morgan fingerprint density at radius 3 is 2.73 bits per heavy atom. The minimum absolute atomic E-state index is 0.0502. The van der Waals surface area contributed by atoms with Crippen LogP contribution in [0.1, 0.15) is 43.7 Å². The first-order valence-electron chi connectivity index (χ1n) is 9.19. The van der Waals surface area contributed by atoms with Gasteiger partial charge >= 0.3 is 0 Å². The van der Waals surface area contributed by atoms with E-state index in [-0.39, 0.29) is 17.9 Å². The van der Waals surface area contributed by atoms with Gasteiger partial charge in [0.25, 0.3) is 5.91 Å². The van der Waals surface area contributed by atoms with Crippen molar-refractivity contribution in [2.24, 2.45) is 5.10 Å². The highest BCUT2D eigenvalue weighted by Crippen LogP contribution is 2.30. The van der Waals surface area contributed by atoms with Crippen molar-refractivity contribution in [2.45, 2.75) is 38.1 Å². The summed E-state index contributed by atoms with van der Waals surface area (Å²) in [6, 6.07) is 8.01. The molecule has 0 bridgehead atoms. The fraction of sp³-hybridized carbons (Fsp3) is 0.526. The molecule has 1 fully saturated rings. The maximum atomic E-state index is 12.4. The topological polar surface area (TPSA) is 83.0 Å². The van der Waals surface area contributed by atoms with E-state index in [2.05, 4.69) is 26.8 Å². The summed E-state index contributed by atoms with van der Waals surface area (Å²) in [5.74, 6) is 0.461. The predicted octanol–water partition coefficient (Wildman–Crippen LogP) is 1.60. The second-order valence-corrected chi connectivity index (χ2v) is 6.66. The number of hydrogen-bond acceptors (Lipinski definition) is 5. The summed E-state index contributed by atoms with van der Waals surface area (Å²) in [7, 11) is 1.67. The van der Waals surface area contributed by atoms with Gasteiger partial charge in [0.1, 0.15) is 11.5 Å². The Morgan fingerprint density at radius 2 is 2.04 bits per heavy atom. The van der Waals surface area contributed by atoms with Crippen LogP contribution in [-0.2, 0) is 9.59 Å². The van der Waals surface area contributed by atoms with E-state index in [0.29, 0.717) is 25.1 Å². The lowest BCUT2D eigenvalue weighted by Crippen LogP contribution is -2.43. The van der Waals surface area contributed by atoms with Crippen molar-refractivity contribution in [1.82, 2.24) is 15.6 Å². The molecule has 2 aliphatic rings. The molecule has 0 radical (unpaired) electrons. The van der Waals surface area contributed by atoms with Crippen LogP contribution in [-0.4, -0.2) is 49.2 Å². The predicted molar refractivity (Wildman–Crippen MR) is 99.0 cm³/mol. The van der Waals surface area contributed by atoms with Gasteiger partial charge in [-0.25, -0.2) is 5.43 Å². The molecule has 0 aliphatic carbocycles. The Balaban J connectivity index is 1.73. The van der Waals surface area contributed by atoms with Crippen LogP contribution in [0.5, 0.6) is 5.75 Å². The molecule has 0 saturated carbocycles. The van der Waals surface area contributed by atoms with E-state index in [1.165, 1.54) is 19.3 Å². The number of carbonyl (C=O) groups excluding carboxylic acids is 2. The van der Waals surface area contributed by atoms with Crippen molar-refractivity contribution in [2.75, 3.05) is 26.7 Å². The van der Waals surface area contributed by atoms with Crippen molar-refractivity contribution in [3.63, 3.8) is 0 Å². The maximum Gasteiger partial charge on any atom is 0.267 e. The number of methoxy groups -OCH3 is 1. The minimum atomic E-state index is -0.220. The number of likely N-dealkylation sites (tertiary alicyclic amines) is 1. The summed E-state index contributed by atoms with van der Waals surface area (Å²) < 4.78 is 5.54. The lowest BCUT2D eigenvalue weighted by atomic mass is 10.0.